The number of carbonyl (C=O) groups is 1. The van der Waals surface area contributed by atoms with E-state index < -0.39 is 5.78 Å². The summed E-state index contributed by atoms with van der Waals surface area (Å²) < 4.78 is 1.65. The van der Waals surface area contributed by atoms with Crippen molar-refractivity contribution in [3.8, 4) is 23.6 Å². The molecule has 0 saturated heterocycles. The Hall–Kier alpha value is -2.93. The fraction of sp³-hybridized carbons (Fsp3) is 0.118. The molecule has 1 aromatic carbocycles. The zero-order valence-corrected chi connectivity index (χ0v) is 11.8. The van der Waals surface area contributed by atoms with E-state index in [1.54, 1.807) is 16.8 Å². The van der Waals surface area contributed by atoms with Crippen LogP contribution >= 0.6 is 0 Å². The van der Waals surface area contributed by atoms with Crippen LogP contribution in [0.1, 0.15) is 21.6 Å². The van der Waals surface area contributed by atoms with E-state index in [-0.39, 0.29) is 5.69 Å². The first-order valence-electron chi connectivity index (χ1n) is 6.53. The lowest BCUT2D eigenvalue weighted by Gasteiger charge is -2.07. The van der Waals surface area contributed by atoms with Crippen LogP contribution in [0.4, 0.5) is 0 Å². The number of hydrogen-bond acceptors (Lipinski definition) is 3. The number of fused-ring (bicyclic) bond motifs is 1. The summed E-state index contributed by atoms with van der Waals surface area (Å²) in [6.45, 7) is 4.13. The van der Waals surface area contributed by atoms with Crippen molar-refractivity contribution in [1.82, 2.24) is 14.6 Å². The number of nitrogens with zero attached hydrogens (tertiary/aromatic N) is 3. The molecule has 0 atom stereocenters. The van der Waals surface area contributed by atoms with E-state index >= 15 is 0 Å². The zero-order valence-electron chi connectivity index (χ0n) is 11.8. The molecular formula is C17H13N3O. The van der Waals surface area contributed by atoms with Gasteiger partial charge in [-0.15, -0.1) is 6.42 Å². The van der Waals surface area contributed by atoms with Crippen LogP contribution in [0.25, 0.3) is 16.9 Å². The Morgan fingerprint density at radius 3 is 2.71 bits per heavy atom. The van der Waals surface area contributed by atoms with E-state index in [9.17, 15) is 4.79 Å². The third-order valence-corrected chi connectivity index (χ3v) is 3.52. The Morgan fingerprint density at radius 2 is 2.00 bits per heavy atom. The highest BCUT2D eigenvalue weighted by atomic mass is 16.1. The van der Waals surface area contributed by atoms with Crippen molar-refractivity contribution >= 4 is 11.4 Å². The first-order chi connectivity index (χ1) is 10.1. The summed E-state index contributed by atoms with van der Waals surface area (Å²) in [6, 6.07) is 9.66. The molecule has 4 nitrogen and oxygen atoms in total. The second-order valence-electron chi connectivity index (χ2n) is 4.90. The number of benzene rings is 1. The Balaban J connectivity index is 2.23. The summed E-state index contributed by atoms with van der Waals surface area (Å²) in [5, 5.41) is 4.27. The number of aryl methyl sites for hydroxylation is 2. The quantitative estimate of drug-likeness (QED) is 0.410. The normalized spacial score (nSPS) is 10.5. The second-order valence-corrected chi connectivity index (χ2v) is 4.90. The van der Waals surface area contributed by atoms with Crippen molar-refractivity contribution in [3.63, 3.8) is 0 Å². The van der Waals surface area contributed by atoms with E-state index in [0.29, 0.717) is 5.65 Å². The van der Waals surface area contributed by atoms with Gasteiger partial charge >= 0.3 is 0 Å². The van der Waals surface area contributed by atoms with Crippen LogP contribution < -0.4 is 0 Å². The fourth-order valence-electron chi connectivity index (χ4n) is 2.20. The molecule has 0 aliphatic carbocycles. The maximum atomic E-state index is 11.6. The lowest BCUT2D eigenvalue weighted by Crippen LogP contribution is -1.99. The van der Waals surface area contributed by atoms with Gasteiger partial charge in [-0.05, 0) is 43.0 Å². The van der Waals surface area contributed by atoms with E-state index in [4.69, 9.17) is 6.42 Å². The summed E-state index contributed by atoms with van der Waals surface area (Å²) >= 11 is 0. The predicted octanol–water partition coefficient (Wildman–Crippen LogP) is 2.83. The molecule has 0 amide bonds. The molecule has 2 aromatic heterocycles. The van der Waals surface area contributed by atoms with Crippen LogP contribution in [0.3, 0.4) is 0 Å². The Bertz CT molecular complexity index is 900. The second kappa shape index (κ2) is 4.88. The van der Waals surface area contributed by atoms with Crippen molar-refractivity contribution in [2.75, 3.05) is 0 Å². The van der Waals surface area contributed by atoms with Crippen LogP contribution in [0.5, 0.6) is 0 Å². The summed E-state index contributed by atoms with van der Waals surface area (Å²) in [5.74, 6) is 1.64. The van der Waals surface area contributed by atoms with Gasteiger partial charge in [0.25, 0.3) is 5.78 Å². The maximum Gasteiger partial charge on any atom is 0.255 e. The van der Waals surface area contributed by atoms with Gasteiger partial charge in [0.05, 0.1) is 5.69 Å². The molecule has 0 spiro atoms. The first-order valence-corrected chi connectivity index (χ1v) is 6.53. The molecule has 0 N–H and O–H groups in total. The third kappa shape index (κ3) is 2.19. The van der Waals surface area contributed by atoms with Crippen molar-refractivity contribution in [1.29, 1.82) is 0 Å². The van der Waals surface area contributed by atoms with Gasteiger partial charge < -0.3 is 0 Å². The molecule has 21 heavy (non-hydrogen) atoms. The summed E-state index contributed by atoms with van der Waals surface area (Å²) in [7, 11) is 0. The average molecular weight is 275 g/mol. The van der Waals surface area contributed by atoms with Gasteiger partial charge in [0.2, 0.25) is 0 Å². The van der Waals surface area contributed by atoms with Crippen LogP contribution in [-0.4, -0.2) is 20.4 Å². The minimum Gasteiger partial charge on any atom is -0.277 e. The minimum absolute atomic E-state index is 0.237. The molecule has 0 unspecified atom stereocenters. The summed E-state index contributed by atoms with van der Waals surface area (Å²) in [6.07, 6.45) is 6.84. The lowest BCUT2D eigenvalue weighted by atomic mass is 10.0. The number of ketones is 1. The van der Waals surface area contributed by atoms with E-state index in [1.807, 2.05) is 12.1 Å². The molecule has 0 aliphatic heterocycles. The Kier molecular flexibility index (Phi) is 3.03. The van der Waals surface area contributed by atoms with Crippen molar-refractivity contribution in [2.45, 2.75) is 13.8 Å². The lowest BCUT2D eigenvalue weighted by molar-refractivity contribution is 0.105. The highest BCUT2D eigenvalue weighted by molar-refractivity contribution is 6.07. The third-order valence-electron chi connectivity index (χ3n) is 3.52. The SMILES string of the molecule is C#CC(=O)c1cc2nccc(-c3ccc(C)c(C)c3)n2n1. The van der Waals surface area contributed by atoms with Gasteiger partial charge in [0, 0.05) is 17.8 Å². The highest BCUT2D eigenvalue weighted by Gasteiger charge is 2.12. The smallest absolute Gasteiger partial charge is 0.255 e. The van der Waals surface area contributed by atoms with Crippen molar-refractivity contribution in [2.24, 2.45) is 0 Å². The van der Waals surface area contributed by atoms with Gasteiger partial charge in [-0.25, -0.2) is 9.50 Å². The van der Waals surface area contributed by atoms with Crippen LogP contribution in [-0.2, 0) is 0 Å². The molecule has 0 aliphatic rings. The molecule has 3 aromatic rings. The van der Waals surface area contributed by atoms with Gasteiger partial charge in [0.1, 0.15) is 5.69 Å². The largest absolute Gasteiger partial charge is 0.277 e. The molecule has 102 valence electrons. The number of Topliss-reactive ketones (excluding diaryl/α,β-unsaturated/α-hetero) is 1. The number of aromatic nitrogens is 3. The fourth-order valence-corrected chi connectivity index (χ4v) is 2.20. The topological polar surface area (TPSA) is 47.3 Å². The average Bonchev–Trinajstić information content (AvgIpc) is 2.93. The Labute approximate surface area is 122 Å². The maximum absolute atomic E-state index is 11.6. The number of terminal acetylenes is 1. The standard InChI is InChI=1S/C17H13N3O/c1-4-16(21)14-10-17-18-8-7-15(20(17)19-14)13-6-5-11(2)12(3)9-13/h1,5-10H,2-3H3. The zero-order chi connectivity index (χ0) is 15.0. The van der Waals surface area contributed by atoms with Crippen LogP contribution in [0.2, 0.25) is 0 Å². The molecule has 0 radical (unpaired) electrons. The molecule has 0 bridgehead atoms. The number of hydrogen-bond donors (Lipinski definition) is 0. The van der Waals surface area contributed by atoms with Crippen LogP contribution in [0, 0.1) is 26.2 Å². The summed E-state index contributed by atoms with van der Waals surface area (Å²) in [4.78, 5) is 15.8. The van der Waals surface area contributed by atoms with Gasteiger partial charge in [-0.2, -0.15) is 5.10 Å². The van der Waals surface area contributed by atoms with Gasteiger partial charge in [-0.1, -0.05) is 12.1 Å². The van der Waals surface area contributed by atoms with E-state index in [2.05, 4.69) is 42.0 Å². The molecular weight excluding hydrogens is 262 g/mol. The molecule has 2 heterocycles. The number of rotatable bonds is 2. The predicted molar refractivity (Wildman–Crippen MR) is 81.1 cm³/mol. The summed E-state index contributed by atoms with van der Waals surface area (Å²) in [5.41, 5.74) is 5.16. The van der Waals surface area contributed by atoms with Crippen molar-refractivity contribution in [3.05, 3.63) is 53.3 Å². The van der Waals surface area contributed by atoms with Gasteiger partial charge in [0.15, 0.2) is 5.65 Å². The highest BCUT2D eigenvalue weighted by Crippen LogP contribution is 2.22. The van der Waals surface area contributed by atoms with Crippen LogP contribution in [0.15, 0.2) is 36.5 Å². The van der Waals surface area contributed by atoms with Crippen molar-refractivity contribution < 1.29 is 4.79 Å². The van der Waals surface area contributed by atoms with E-state index in [1.165, 1.54) is 11.1 Å². The molecule has 0 fully saturated rings. The first kappa shape index (κ1) is 13.1. The van der Waals surface area contributed by atoms with E-state index in [0.717, 1.165) is 11.3 Å². The molecule has 4 heteroatoms. The Morgan fingerprint density at radius 1 is 1.19 bits per heavy atom. The van der Waals surface area contributed by atoms with Gasteiger partial charge in [-0.3, -0.25) is 4.79 Å². The number of carbonyl (C=O) groups excluding carboxylic acids is 1. The minimum atomic E-state index is -0.438. The molecule has 0 saturated carbocycles. The molecule has 3 rings (SSSR count). The monoisotopic (exact) mass is 275 g/mol.